The second kappa shape index (κ2) is 11.8. The van der Waals surface area contributed by atoms with Crippen molar-refractivity contribution in [2.75, 3.05) is 42.9 Å². The fourth-order valence-electron chi connectivity index (χ4n) is 5.49. The summed E-state index contributed by atoms with van der Waals surface area (Å²) in [4.78, 5) is 29.5. The number of anilines is 4. The van der Waals surface area contributed by atoms with Crippen molar-refractivity contribution < 1.29 is 14.3 Å². The van der Waals surface area contributed by atoms with Crippen LogP contribution >= 0.6 is 0 Å². The average molecular weight is 556 g/mol. The van der Waals surface area contributed by atoms with Crippen LogP contribution in [0.15, 0.2) is 59.7 Å². The Labute approximate surface area is 240 Å². The zero-order valence-electron chi connectivity index (χ0n) is 24.0. The lowest BCUT2D eigenvalue weighted by Crippen LogP contribution is -2.52. The summed E-state index contributed by atoms with van der Waals surface area (Å²) < 4.78 is 5.56. The smallest absolute Gasteiger partial charge is 0.323 e. The molecule has 10 nitrogen and oxygen atoms in total. The van der Waals surface area contributed by atoms with Crippen molar-refractivity contribution in [1.82, 2.24) is 9.91 Å². The maximum Gasteiger partial charge on any atom is 0.323 e. The van der Waals surface area contributed by atoms with Crippen LogP contribution in [-0.4, -0.2) is 61.5 Å². The Bertz CT molecular complexity index is 1470. The predicted molar refractivity (Wildman–Crippen MR) is 163 cm³/mol. The van der Waals surface area contributed by atoms with Crippen LogP contribution in [0.25, 0.3) is 0 Å². The Morgan fingerprint density at radius 1 is 1.05 bits per heavy atom. The molecule has 0 spiro atoms. The van der Waals surface area contributed by atoms with E-state index in [1.54, 1.807) is 25.3 Å². The van der Waals surface area contributed by atoms with E-state index in [1.807, 2.05) is 47.4 Å². The molecule has 2 aliphatic heterocycles. The Kier molecular flexibility index (Phi) is 8.00. The molecule has 0 aromatic heterocycles. The van der Waals surface area contributed by atoms with Crippen molar-refractivity contribution in [1.29, 1.82) is 0 Å². The summed E-state index contributed by atoms with van der Waals surface area (Å²) in [5.41, 5.74) is 12.6. The van der Waals surface area contributed by atoms with Gasteiger partial charge < -0.3 is 30.9 Å². The molecule has 2 heterocycles. The molecule has 0 fully saturated rings. The Morgan fingerprint density at radius 2 is 1.78 bits per heavy atom. The molecule has 214 valence electrons. The Balaban J connectivity index is 1.49. The maximum atomic E-state index is 13.8. The molecule has 41 heavy (non-hydrogen) atoms. The minimum Gasteiger partial charge on any atom is -0.495 e. The number of urea groups is 1. The number of nitrogens with two attached hydrogens (primary N) is 1. The first-order chi connectivity index (χ1) is 19.8. The molecule has 10 heteroatoms. The van der Waals surface area contributed by atoms with Gasteiger partial charge in [0.15, 0.2) is 0 Å². The quantitative estimate of drug-likeness (QED) is 0.369. The number of nitrogens with zero attached hydrogens (tertiary/aromatic N) is 4. The van der Waals surface area contributed by atoms with Crippen LogP contribution < -0.4 is 26.0 Å². The molecule has 3 aromatic carbocycles. The molecule has 1 atom stereocenters. The number of hydrogen-bond donors (Lipinski definition) is 3. The molecular weight excluding hydrogens is 518 g/mol. The number of benzene rings is 3. The van der Waals surface area contributed by atoms with E-state index >= 15 is 0 Å². The number of nitrogens with one attached hydrogen (secondary N) is 2. The molecular formula is C31H37N7O3. The van der Waals surface area contributed by atoms with E-state index in [9.17, 15) is 9.59 Å². The SMILES string of the molecule is CCc1cccc(CC)c1NC(=O)N1Cc2cccc(Nc3ccc(C(N)=O)cc3OC)c2N(C2C=NN(C)C2)C1. The highest BCUT2D eigenvalue weighted by molar-refractivity contribution is 5.95. The molecule has 0 aliphatic carbocycles. The molecule has 4 N–H and O–H groups in total. The first-order valence-electron chi connectivity index (χ1n) is 13.9. The van der Waals surface area contributed by atoms with Crippen molar-refractivity contribution in [2.45, 2.75) is 39.3 Å². The minimum absolute atomic E-state index is 0.0365. The van der Waals surface area contributed by atoms with E-state index in [0.29, 0.717) is 36.8 Å². The zero-order valence-corrected chi connectivity index (χ0v) is 24.0. The zero-order chi connectivity index (χ0) is 29.1. The molecule has 2 aliphatic rings. The molecule has 0 saturated carbocycles. The maximum absolute atomic E-state index is 13.8. The summed E-state index contributed by atoms with van der Waals surface area (Å²) in [7, 11) is 3.50. The molecule has 0 saturated heterocycles. The standard InChI is InChI=1S/C31H37N7O3/c1-5-20-9-7-10-21(6-2)28(20)35-31(40)37-17-23-11-8-12-26(29(23)38(19-37)24-16-33-36(3)18-24)34-25-14-13-22(30(32)39)15-27(25)41-4/h7-16,24,34H,5-6,17-19H2,1-4H3,(H2,32,39)(H,35,40). The molecule has 3 aromatic rings. The van der Waals surface area contributed by atoms with E-state index in [2.05, 4.69) is 46.6 Å². The largest absolute Gasteiger partial charge is 0.495 e. The minimum atomic E-state index is -0.520. The monoisotopic (exact) mass is 555 g/mol. The van der Waals surface area contributed by atoms with Gasteiger partial charge in [-0.25, -0.2) is 4.79 Å². The summed E-state index contributed by atoms with van der Waals surface area (Å²) in [6.45, 7) is 5.73. The number of para-hydroxylation sites is 2. The van der Waals surface area contributed by atoms with E-state index in [0.717, 1.165) is 46.6 Å². The summed E-state index contributed by atoms with van der Waals surface area (Å²) in [6, 6.07) is 17.1. The van der Waals surface area contributed by atoms with Crippen LogP contribution in [0.4, 0.5) is 27.5 Å². The molecule has 0 radical (unpaired) electrons. The number of fused-ring (bicyclic) bond motifs is 1. The van der Waals surface area contributed by atoms with Gasteiger partial charge in [-0.1, -0.05) is 44.2 Å². The van der Waals surface area contributed by atoms with Crippen molar-refractivity contribution in [3.05, 3.63) is 76.9 Å². The summed E-state index contributed by atoms with van der Waals surface area (Å²) in [5.74, 6) is -0.0144. The van der Waals surface area contributed by atoms with Gasteiger partial charge in [0.1, 0.15) is 5.75 Å². The van der Waals surface area contributed by atoms with E-state index in [1.165, 1.54) is 0 Å². The number of primary amides is 1. The van der Waals surface area contributed by atoms with E-state index < -0.39 is 5.91 Å². The van der Waals surface area contributed by atoms with Crippen LogP contribution in [0, 0.1) is 0 Å². The summed E-state index contributed by atoms with van der Waals surface area (Å²) in [6.07, 6.45) is 3.59. The van der Waals surface area contributed by atoms with Gasteiger partial charge in [-0.05, 0) is 53.8 Å². The molecule has 0 bridgehead atoms. The first kappa shape index (κ1) is 27.8. The lowest BCUT2D eigenvalue weighted by Gasteiger charge is -2.42. The fourth-order valence-corrected chi connectivity index (χ4v) is 5.49. The van der Waals surface area contributed by atoms with Crippen molar-refractivity contribution in [3.8, 4) is 5.75 Å². The topological polar surface area (TPSA) is 116 Å². The van der Waals surface area contributed by atoms with Gasteiger partial charge in [-0.2, -0.15) is 5.10 Å². The number of methoxy groups -OCH3 is 1. The van der Waals surface area contributed by atoms with Gasteiger partial charge in [0.2, 0.25) is 5.91 Å². The third-order valence-corrected chi connectivity index (χ3v) is 7.65. The number of hydrogen-bond acceptors (Lipinski definition) is 7. The van der Waals surface area contributed by atoms with Gasteiger partial charge in [-0.3, -0.25) is 9.80 Å². The highest BCUT2D eigenvalue weighted by atomic mass is 16.5. The number of aryl methyl sites for hydroxylation is 2. The molecule has 3 amide bonds. The van der Waals surface area contributed by atoms with E-state index in [4.69, 9.17) is 10.5 Å². The van der Waals surface area contributed by atoms with Gasteiger partial charge in [0.05, 0.1) is 50.0 Å². The highest BCUT2D eigenvalue weighted by Gasteiger charge is 2.34. The first-order valence-corrected chi connectivity index (χ1v) is 13.9. The normalized spacial score (nSPS) is 16.0. The van der Waals surface area contributed by atoms with Gasteiger partial charge in [-0.15, -0.1) is 0 Å². The fraction of sp³-hybridized carbons (Fsp3) is 0.323. The van der Waals surface area contributed by atoms with E-state index in [-0.39, 0.29) is 12.1 Å². The van der Waals surface area contributed by atoms with Crippen LogP contribution in [0.1, 0.15) is 40.9 Å². The third-order valence-electron chi connectivity index (χ3n) is 7.65. The number of likely N-dealkylation sites (N-methyl/N-ethyl adjacent to an activating group) is 1. The predicted octanol–water partition coefficient (Wildman–Crippen LogP) is 4.77. The lowest BCUT2D eigenvalue weighted by atomic mass is 10.0. The van der Waals surface area contributed by atoms with Crippen molar-refractivity contribution in [3.63, 3.8) is 0 Å². The average Bonchev–Trinajstić information content (AvgIpc) is 3.42. The third kappa shape index (κ3) is 5.63. The van der Waals surface area contributed by atoms with Crippen molar-refractivity contribution >= 4 is 40.9 Å². The summed E-state index contributed by atoms with van der Waals surface area (Å²) >= 11 is 0. The number of ether oxygens (including phenoxy) is 1. The van der Waals surface area contributed by atoms with Crippen LogP contribution in [0.3, 0.4) is 0 Å². The van der Waals surface area contributed by atoms with Gasteiger partial charge in [0, 0.05) is 24.5 Å². The second-order valence-corrected chi connectivity index (χ2v) is 10.3. The highest BCUT2D eigenvalue weighted by Crippen LogP contribution is 2.40. The number of amides is 3. The van der Waals surface area contributed by atoms with Gasteiger partial charge in [0.25, 0.3) is 0 Å². The van der Waals surface area contributed by atoms with Gasteiger partial charge >= 0.3 is 6.03 Å². The number of rotatable bonds is 8. The molecule has 5 rings (SSSR count). The number of carbonyl (C=O) groups excluding carboxylic acids is 2. The van der Waals surface area contributed by atoms with Crippen LogP contribution in [0.2, 0.25) is 0 Å². The lowest BCUT2D eigenvalue weighted by molar-refractivity contribution is 0.1000. The van der Waals surface area contributed by atoms with Crippen molar-refractivity contribution in [2.24, 2.45) is 10.8 Å². The Morgan fingerprint density at radius 3 is 2.41 bits per heavy atom. The number of hydrazone groups is 1. The Hall–Kier alpha value is -4.73. The van der Waals surface area contributed by atoms with Crippen LogP contribution in [-0.2, 0) is 19.4 Å². The second-order valence-electron chi connectivity index (χ2n) is 10.3. The number of carbonyl (C=O) groups is 2. The van der Waals surface area contributed by atoms with Crippen LogP contribution in [0.5, 0.6) is 5.75 Å². The summed E-state index contributed by atoms with van der Waals surface area (Å²) in [5, 5.41) is 13.1. The molecule has 1 unspecified atom stereocenters.